The lowest BCUT2D eigenvalue weighted by Crippen LogP contribution is -2.40. The fourth-order valence-electron chi connectivity index (χ4n) is 3.29. The third kappa shape index (κ3) is 3.15. The number of amides is 1. The number of aromatic nitrogens is 1. The van der Waals surface area contributed by atoms with E-state index in [0.29, 0.717) is 35.3 Å². The summed E-state index contributed by atoms with van der Waals surface area (Å²) in [6.07, 6.45) is 0.431. The minimum absolute atomic E-state index is 0.113. The van der Waals surface area contributed by atoms with Crippen molar-refractivity contribution in [3.05, 3.63) is 66.1 Å². The topological polar surface area (TPSA) is 65.6 Å². The molecule has 1 fully saturated rings. The summed E-state index contributed by atoms with van der Waals surface area (Å²) < 4.78 is 19.5. The maximum absolute atomic E-state index is 13.8. The number of H-pyrrole nitrogens is 1. The SMILES string of the molecule is O=C(c1cc2cccc(F)c2[nH]1)N1CC[C@@](O)(COc2ccccc2)C1. The molecule has 1 saturated heterocycles. The molecule has 0 unspecified atom stereocenters. The molecule has 2 heterocycles. The highest BCUT2D eigenvalue weighted by Crippen LogP contribution is 2.26. The number of benzene rings is 2. The number of aromatic amines is 1. The average molecular weight is 354 g/mol. The van der Waals surface area contributed by atoms with Crippen molar-refractivity contribution >= 4 is 16.8 Å². The van der Waals surface area contributed by atoms with Gasteiger partial charge in [-0.15, -0.1) is 0 Å². The number of fused-ring (bicyclic) bond motifs is 1. The number of aliphatic hydroxyl groups is 1. The molecule has 134 valence electrons. The molecule has 1 aromatic heterocycles. The zero-order valence-electron chi connectivity index (χ0n) is 14.1. The van der Waals surface area contributed by atoms with Crippen LogP contribution in [0.3, 0.4) is 0 Å². The van der Waals surface area contributed by atoms with Crippen LogP contribution in [0.4, 0.5) is 4.39 Å². The Kier molecular flexibility index (Phi) is 4.12. The molecule has 0 saturated carbocycles. The third-order valence-electron chi connectivity index (χ3n) is 4.71. The van der Waals surface area contributed by atoms with E-state index in [-0.39, 0.29) is 19.1 Å². The zero-order chi connectivity index (χ0) is 18.1. The van der Waals surface area contributed by atoms with Gasteiger partial charge in [-0.3, -0.25) is 4.79 Å². The summed E-state index contributed by atoms with van der Waals surface area (Å²) in [6, 6.07) is 15.6. The lowest BCUT2D eigenvalue weighted by atomic mass is 10.1. The van der Waals surface area contributed by atoms with Gasteiger partial charge in [0.2, 0.25) is 0 Å². The van der Waals surface area contributed by atoms with Crippen molar-refractivity contribution in [2.45, 2.75) is 12.0 Å². The van der Waals surface area contributed by atoms with E-state index >= 15 is 0 Å². The van der Waals surface area contributed by atoms with E-state index in [4.69, 9.17) is 4.74 Å². The number of hydrogen-bond acceptors (Lipinski definition) is 3. The van der Waals surface area contributed by atoms with Gasteiger partial charge in [0.25, 0.3) is 5.91 Å². The molecule has 5 nitrogen and oxygen atoms in total. The summed E-state index contributed by atoms with van der Waals surface area (Å²) >= 11 is 0. The maximum Gasteiger partial charge on any atom is 0.270 e. The Morgan fingerprint density at radius 1 is 1.23 bits per heavy atom. The first kappa shape index (κ1) is 16.6. The van der Waals surface area contributed by atoms with Crippen LogP contribution in [0.15, 0.2) is 54.6 Å². The number of halogens is 1. The second-order valence-corrected chi connectivity index (χ2v) is 6.69. The normalized spacial score (nSPS) is 19.8. The van der Waals surface area contributed by atoms with E-state index in [2.05, 4.69) is 4.98 Å². The van der Waals surface area contributed by atoms with Gasteiger partial charge in [0.15, 0.2) is 0 Å². The molecule has 0 bridgehead atoms. The second-order valence-electron chi connectivity index (χ2n) is 6.69. The molecular formula is C20H19FN2O3. The largest absolute Gasteiger partial charge is 0.491 e. The van der Waals surface area contributed by atoms with Crippen LogP contribution >= 0.6 is 0 Å². The van der Waals surface area contributed by atoms with E-state index in [1.54, 1.807) is 23.1 Å². The van der Waals surface area contributed by atoms with Gasteiger partial charge >= 0.3 is 0 Å². The number of nitrogens with zero attached hydrogens (tertiary/aromatic N) is 1. The van der Waals surface area contributed by atoms with Crippen LogP contribution in [0.2, 0.25) is 0 Å². The Morgan fingerprint density at radius 2 is 2.04 bits per heavy atom. The van der Waals surface area contributed by atoms with Crippen LogP contribution < -0.4 is 4.74 Å². The van der Waals surface area contributed by atoms with Crippen LogP contribution in [-0.2, 0) is 0 Å². The Morgan fingerprint density at radius 3 is 2.81 bits per heavy atom. The third-order valence-corrected chi connectivity index (χ3v) is 4.71. The Bertz CT molecular complexity index is 941. The predicted molar refractivity (Wildman–Crippen MR) is 95.7 cm³/mol. The molecule has 0 aliphatic carbocycles. The number of para-hydroxylation sites is 2. The highest BCUT2D eigenvalue weighted by atomic mass is 19.1. The molecule has 2 N–H and O–H groups in total. The van der Waals surface area contributed by atoms with Gasteiger partial charge in [0.05, 0.1) is 12.1 Å². The van der Waals surface area contributed by atoms with Gasteiger partial charge in [0.1, 0.15) is 29.5 Å². The number of nitrogens with one attached hydrogen (secondary N) is 1. The van der Waals surface area contributed by atoms with Crippen molar-refractivity contribution in [1.82, 2.24) is 9.88 Å². The smallest absolute Gasteiger partial charge is 0.270 e. The fourth-order valence-corrected chi connectivity index (χ4v) is 3.29. The van der Waals surface area contributed by atoms with Gasteiger partial charge in [-0.2, -0.15) is 0 Å². The number of hydrogen-bond donors (Lipinski definition) is 2. The highest BCUT2D eigenvalue weighted by molar-refractivity contribution is 5.98. The number of carbonyl (C=O) groups excluding carboxylic acids is 1. The first-order valence-electron chi connectivity index (χ1n) is 8.51. The summed E-state index contributed by atoms with van der Waals surface area (Å²) in [7, 11) is 0. The molecule has 0 radical (unpaired) electrons. The Hall–Kier alpha value is -2.86. The Balaban J connectivity index is 1.45. The summed E-state index contributed by atoms with van der Waals surface area (Å²) in [5.41, 5.74) is -0.459. The molecule has 6 heteroatoms. The van der Waals surface area contributed by atoms with Gasteiger partial charge in [0, 0.05) is 11.9 Å². The lowest BCUT2D eigenvalue weighted by molar-refractivity contribution is 0.00426. The first-order valence-corrected chi connectivity index (χ1v) is 8.51. The minimum atomic E-state index is -1.09. The monoisotopic (exact) mass is 354 g/mol. The zero-order valence-corrected chi connectivity index (χ0v) is 14.1. The number of carbonyl (C=O) groups is 1. The number of rotatable bonds is 4. The molecule has 1 amide bonds. The molecule has 0 spiro atoms. The molecule has 1 atom stereocenters. The van der Waals surface area contributed by atoms with E-state index in [1.165, 1.54) is 6.07 Å². The summed E-state index contributed by atoms with van der Waals surface area (Å²) in [5.74, 6) is 0.0313. The van der Waals surface area contributed by atoms with E-state index in [1.807, 2.05) is 30.3 Å². The van der Waals surface area contributed by atoms with Crippen molar-refractivity contribution in [3.8, 4) is 5.75 Å². The van der Waals surface area contributed by atoms with Crippen molar-refractivity contribution in [2.75, 3.05) is 19.7 Å². The summed E-state index contributed by atoms with van der Waals surface area (Å²) in [6.45, 7) is 0.712. The van der Waals surface area contributed by atoms with Crippen LogP contribution in [0.5, 0.6) is 5.75 Å². The Labute approximate surface area is 150 Å². The maximum atomic E-state index is 13.8. The molecular weight excluding hydrogens is 335 g/mol. The average Bonchev–Trinajstić information content (AvgIpc) is 3.26. The van der Waals surface area contributed by atoms with Gasteiger partial charge < -0.3 is 19.7 Å². The summed E-state index contributed by atoms with van der Waals surface area (Å²) in [4.78, 5) is 17.1. The van der Waals surface area contributed by atoms with Gasteiger partial charge in [-0.25, -0.2) is 4.39 Å². The van der Waals surface area contributed by atoms with Gasteiger partial charge in [-0.05, 0) is 30.7 Å². The van der Waals surface area contributed by atoms with Crippen molar-refractivity contribution in [2.24, 2.45) is 0 Å². The number of ether oxygens (including phenoxy) is 1. The second kappa shape index (κ2) is 6.46. The van der Waals surface area contributed by atoms with E-state index in [9.17, 15) is 14.3 Å². The quantitative estimate of drug-likeness (QED) is 0.757. The van der Waals surface area contributed by atoms with Crippen LogP contribution in [0, 0.1) is 5.82 Å². The van der Waals surface area contributed by atoms with Gasteiger partial charge in [-0.1, -0.05) is 30.3 Å². The molecule has 1 aliphatic rings. The predicted octanol–water partition coefficient (Wildman–Crippen LogP) is 2.96. The molecule has 3 aromatic rings. The van der Waals surface area contributed by atoms with E-state index < -0.39 is 11.4 Å². The molecule has 1 aliphatic heterocycles. The van der Waals surface area contributed by atoms with E-state index in [0.717, 1.165) is 0 Å². The van der Waals surface area contributed by atoms with Crippen molar-refractivity contribution < 1.29 is 19.0 Å². The van der Waals surface area contributed by atoms with Crippen LogP contribution in [0.1, 0.15) is 16.9 Å². The highest BCUT2D eigenvalue weighted by Gasteiger charge is 2.39. The van der Waals surface area contributed by atoms with Crippen LogP contribution in [0.25, 0.3) is 10.9 Å². The molecule has 4 rings (SSSR count). The molecule has 26 heavy (non-hydrogen) atoms. The van der Waals surface area contributed by atoms with Crippen molar-refractivity contribution in [1.29, 1.82) is 0 Å². The molecule has 2 aromatic carbocycles. The standard InChI is InChI=1S/C20H19FN2O3/c21-16-8-4-5-14-11-17(22-18(14)16)19(24)23-10-9-20(25,12-23)13-26-15-6-2-1-3-7-15/h1-8,11,22,25H,9-10,12-13H2/t20-/m0/s1. The fraction of sp³-hybridized carbons (Fsp3) is 0.250. The number of β-amino-alcohol motifs (C(OH)–C–C–N with tert-alkyl or cyclic N) is 1. The first-order chi connectivity index (χ1) is 12.5. The van der Waals surface area contributed by atoms with Crippen molar-refractivity contribution in [3.63, 3.8) is 0 Å². The minimum Gasteiger partial charge on any atom is -0.491 e. The summed E-state index contributed by atoms with van der Waals surface area (Å²) in [5, 5.41) is 11.4. The van der Waals surface area contributed by atoms with Crippen LogP contribution in [-0.4, -0.2) is 46.2 Å². The number of likely N-dealkylation sites (tertiary alicyclic amines) is 1. The lowest BCUT2D eigenvalue weighted by Gasteiger charge is -2.23.